The third kappa shape index (κ3) is 3.83. The summed E-state index contributed by atoms with van der Waals surface area (Å²) >= 11 is 1.59. The quantitative estimate of drug-likeness (QED) is 0.850. The van der Waals surface area contributed by atoms with Gasteiger partial charge in [-0.3, -0.25) is 4.98 Å². The Morgan fingerprint density at radius 2 is 2.21 bits per heavy atom. The predicted molar refractivity (Wildman–Crippen MR) is 77.9 cm³/mol. The van der Waals surface area contributed by atoms with Crippen molar-refractivity contribution in [3.05, 3.63) is 35.5 Å². The van der Waals surface area contributed by atoms with E-state index in [1.165, 1.54) is 0 Å². The lowest BCUT2D eigenvalue weighted by molar-refractivity contribution is 0.210. The second-order valence-electron chi connectivity index (χ2n) is 4.77. The minimum absolute atomic E-state index is 0.111. The van der Waals surface area contributed by atoms with E-state index in [9.17, 15) is 5.11 Å². The van der Waals surface area contributed by atoms with E-state index in [1.54, 1.807) is 17.5 Å². The molecule has 0 spiro atoms. The van der Waals surface area contributed by atoms with E-state index in [1.807, 2.05) is 23.6 Å². The van der Waals surface area contributed by atoms with Crippen LogP contribution in [0.5, 0.6) is 0 Å². The van der Waals surface area contributed by atoms with Gasteiger partial charge in [0.2, 0.25) is 0 Å². The van der Waals surface area contributed by atoms with E-state index in [4.69, 9.17) is 0 Å². The van der Waals surface area contributed by atoms with Crippen molar-refractivity contribution in [3.8, 4) is 10.7 Å². The molecule has 0 aliphatic rings. The Labute approximate surface area is 117 Å². The summed E-state index contributed by atoms with van der Waals surface area (Å²) in [5, 5.41) is 15.6. The Hall–Kier alpha value is -1.30. The molecule has 0 fully saturated rings. The maximum Gasteiger partial charge on any atom is 0.142 e. The van der Waals surface area contributed by atoms with Gasteiger partial charge in [0.15, 0.2) is 0 Å². The molecule has 0 aliphatic carbocycles. The van der Waals surface area contributed by atoms with Crippen LogP contribution in [0.15, 0.2) is 29.8 Å². The average Bonchev–Trinajstić information content (AvgIpc) is 2.89. The van der Waals surface area contributed by atoms with Crippen LogP contribution in [-0.2, 0) is 6.54 Å². The van der Waals surface area contributed by atoms with Crippen LogP contribution in [0.4, 0.5) is 0 Å². The molecule has 0 saturated heterocycles. The van der Waals surface area contributed by atoms with Gasteiger partial charge in [0.05, 0.1) is 18.0 Å². The van der Waals surface area contributed by atoms with Crippen molar-refractivity contribution in [1.82, 2.24) is 15.3 Å². The highest BCUT2D eigenvalue weighted by atomic mass is 32.1. The maximum atomic E-state index is 9.27. The van der Waals surface area contributed by atoms with Gasteiger partial charge in [0, 0.05) is 24.2 Å². The summed E-state index contributed by atoms with van der Waals surface area (Å²) in [6, 6.07) is 5.93. The van der Waals surface area contributed by atoms with Crippen LogP contribution in [0.3, 0.4) is 0 Å². The first-order chi connectivity index (χ1) is 9.20. The molecule has 0 radical (unpaired) electrons. The van der Waals surface area contributed by atoms with Crippen LogP contribution >= 0.6 is 11.3 Å². The van der Waals surface area contributed by atoms with Gasteiger partial charge in [0.1, 0.15) is 5.01 Å². The Morgan fingerprint density at radius 3 is 2.84 bits per heavy atom. The number of aliphatic hydroxyl groups excluding tert-OH is 1. The minimum atomic E-state index is 0.111. The lowest BCUT2D eigenvalue weighted by atomic mass is 10.1. The summed E-state index contributed by atoms with van der Waals surface area (Å²) in [7, 11) is 0. The number of aromatic nitrogens is 2. The second-order valence-corrected chi connectivity index (χ2v) is 5.63. The molecule has 0 aromatic carbocycles. The SMILES string of the molecule is CC(C)[C@@H](CO)NCc1csc(-c2ccccn2)n1. The van der Waals surface area contributed by atoms with E-state index >= 15 is 0 Å². The van der Waals surface area contributed by atoms with Gasteiger partial charge < -0.3 is 10.4 Å². The van der Waals surface area contributed by atoms with Crippen LogP contribution in [0.25, 0.3) is 10.7 Å². The summed E-state index contributed by atoms with van der Waals surface area (Å²) in [5.74, 6) is 0.402. The van der Waals surface area contributed by atoms with Crippen molar-refractivity contribution in [2.75, 3.05) is 6.61 Å². The molecular formula is C14H19N3OS. The Balaban J connectivity index is 1.98. The van der Waals surface area contributed by atoms with E-state index in [0.717, 1.165) is 16.4 Å². The zero-order valence-electron chi connectivity index (χ0n) is 11.2. The fourth-order valence-electron chi connectivity index (χ4n) is 1.74. The molecule has 19 heavy (non-hydrogen) atoms. The molecule has 0 aliphatic heterocycles. The van der Waals surface area contributed by atoms with Gasteiger partial charge >= 0.3 is 0 Å². The fourth-order valence-corrected chi connectivity index (χ4v) is 2.54. The van der Waals surface area contributed by atoms with Crippen molar-refractivity contribution < 1.29 is 5.11 Å². The third-order valence-electron chi connectivity index (χ3n) is 2.98. The fraction of sp³-hybridized carbons (Fsp3) is 0.429. The van der Waals surface area contributed by atoms with Gasteiger partial charge in [0.25, 0.3) is 0 Å². The number of pyridine rings is 1. The van der Waals surface area contributed by atoms with E-state index in [0.29, 0.717) is 12.5 Å². The van der Waals surface area contributed by atoms with Gasteiger partial charge in [-0.2, -0.15) is 0 Å². The van der Waals surface area contributed by atoms with Crippen molar-refractivity contribution in [3.63, 3.8) is 0 Å². The van der Waals surface area contributed by atoms with Crippen LogP contribution in [0.2, 0.25) is 0 Å². The highest BCUT2D eigenvalue weighted by Crippen LogP contribution is 2.21. The summed E-state index contributed by atoms with van der Waals surface area (Å²) in [6.07, 6.45) is 1.77. The number of aliphatic hydroxyl groups is 1. The largest absolute Gasteiger partial charge is 0.395 e. The Morgan fingerprint density at radius 1 is 1.37 bits per heavy atom. The monoisotopic (exact) mass is 277 g/mol. The van der Waals surface area contributed by atoms with Gasteiger partial charge in [-0.15, -0.1) is 11.3 Å². The molecule has 0 bridgehead atoms. The zero-order chi connectivity index (χ0) is 13.7. The predicted octanol–water partition coefficient (Wildman–Crippen LogP) is 2.31. The van der Waals surface area contributed by atoms with E-state index in [2.05, 4.69) is 29.1 Å². The lowest BCUT2D eigenvalue weighted by Crippen LogP contribution is -2.36. The van der Waals surface area contributed by atoms with Crippen molar-refractivity contribution in [2.24, 2.45) is 5.92 Å². The first-order valence-corrected chi connectivity index (χ1v) is 7.28. The summed E-state index contributed by atoms with van der Waals surface area (Å²) < 4.78 is 0. The third-order valence-corrected chi connectivity index (χ3v) is 3.90. The first-order valence-electron chi connectivity index (χ1n) is 6.40. The molecular weight excluding hydrogens is 258 g/mol. The van der Waals surface area contributed by atoms with Gasteiger partial charge in [-0.05, 0) is 18.1 Å². The van der Waals surface area contributed by atoms with Crippen molar-refractivity contribution in [2.45, 2.75) is 26.4 Å². The second kappa shape index (κ2) is 6.75. The normalized spacial score (nSPS) is 12.8. The van der Waals surface area contributed by atoms with Gasteiger partial charge in [-0.1, -0.05) is 19.9 Å². The van der Waals surface area contributed by atoms with Crippen molar-refractivity contribution >= 4 is 11.3 Å². The molecule has 2 heterocycles. The topological polar surface area (TPSA) is 58.0 Å². The lowest BCUT2D eigenvalue weighted by Gasteiger charge is -2.19. The zero-order valence-corrected chi connectivity index (χ0v) is 12.0. The summed E-state index contributed by atoms with van der Waals surface area (Å²) in [4.78, 5) is 8.85. The van der Waals surface area contributed by atoms with Crippen molar-refractivity contribution in [1.29, 1.82) is 0 Å². The highest BCUT2D eigenvalue weighted by molar-refractivity contribution is 7.13. The molecule has 0 saturated carbocycles. The van der Waals surface area contributed by atoms with E-state index < -0.39 is 0 Å². The Kier molecular flexibility index (Phi) is 5.01. The molecule has 1 atom stereocenters. The number of hydrogen-bond donors (Lipinski definition) is 2. The number of nitrogens with one attached hydrogen (secondary N) is 1. The Bertz CT molecular complexity index is 498. The van der Waals surface area contributed by atoms with Crippen LogP contribution in [0.1, 0.15) is 19.5 Å². The highest BCUT2D eigenvalue weighted by Gasteiger charge is 2.12. The van der Waals surface area contributed by atoms with E-state index in [-0.39, 0.29) is 12.6 Å². The molecule has 2 rings (SSSR count). The molecule has 2 N–H and O–H groups in total. The number of rotatable bonds is 6. The van der Waals surface area contributed by atoms with Gasteiger partial charge in [-0.25, -0.2) is 4.98 Å². The molecule has 2 aromatic heterocycles. The number of nitrogens with zero attached hydrogens (tertiary/aromatic N) is 2. The van der Waals surface area contributed by atoms with Crippen LogP contribution in [-0.4, -0.2) is 27.7 Å². The molecule has 0 unspecified atom stereocenters. The first kappa shape index (κ1) is 14.1. The maximum absolute atomic E-state index is 9.27. The minimum Gasteiger partial charge on any atom is -0.395 e. The summed E-state index contributed by atoms with van der Waals surface area (Å²) in [5.41, 5.74) is 1.89. The molecule has 4 nitrogen and oxygen atoms in total. The summed E-state index contributed by atoms with van der Waals surface area (Å²) in [6.45, 7) is 5.00. The average molecular weight is 277 g/mol. The van der Waals surface area contributed by atoms with Crippen LogP contribution < -0.4 is 5.32 Å². The standard InChI is InChI=1S/C14H19N3OS/c1-10(2)13(8-18)16-7-11-9-19-14(17-11)12-5-3-4-6-15-12/h3-6,9-10,13,16,18H,7-8H2,1-2H3/t13-/m1/s1. The molecule has 102 valence electrons. The molecule has 5 heteroatoms. The number of thiazole rings is 1. The molecule has 0 amide bonds. The smallest absolute Gasteiger partial charge is 0.142 e. The number of hydrogen-bond acceptors (Lipinski definition) is 5. The molecule has 2 aromatic rings. The van der Waals surface area contributed by atoms with Crippen LogP contribution in [0, 0.1) is 5.92 Å².